The Balaban J connectivity index is 1.63. The Kier molecular flexibility index (Phi) is 6.18. The summed E-state index contributed by atoms with van der Waals surface area (Å²) >= 11 is 0. The molecule has 0 amide bonds. The van der Waals surface area contributed by atoms with Crippen LogP contribution in [0.25, 0.3) is 23.0 Å². The number of ether oxygens (including phenoxy) is 2. The fraction of sp³-hybridized carbons (Fsp3) is 0.478. The average Bonchev–Trinajstić information content (AvgIpc) is 3.45. The molecule has 1 atom stereocenters. The van der Waals surface area contributed by atoms with Gasteiger partial charge in [-0.3, -0.25) is 0 Å². The van der Waals surface area contributed by atoms with Crippen LogP contribution >= 0.6 is 0 Å². The Morgan fingerprint density at radius 3 is 2.52 bits per heavy atom. The second-order valence-electron chi connectivity index (χ2n) is 7.69. The Morgan fingerprint density at radius 2 is 1.84 bits per heavy atom. The Morgan fingerprint density at radius 1 is 1.06 bits per heavy atom. The van der Waals surface area contributed by atoms with Crippen molar-refractivity contribution in [2.75, 3.05) is 31.2 Å². The van der Waals surface area contributed by atoms with E-state index in [4.69, 9.17) is 14.0 Å². The highest BCUT2D eigenvalue weighted by Gasteiger charge is 2.24. The summed E-state index contributed by atoms with van der Waals surface area (Å²) in [5.41, 5.74) is 4.54. The maximum atomic E-state index is 6.01. The largest absolute Gasteiger partial charge is 0.490 e. The molecule has 1 fully saturated rings. The first-order valence-electron chi connectivity index (χ1n) is 10.8. The van der Waals surface area contributed by atoms with Crippen molar-refractivity contribution in [3.8, 4) is 28.7 Å². The van der Waals surface area contributed by atoms with Gasteiger partial charge in [0.1, 0.15) is 24.2 Å². The molecule has 1 aliphatic heterocycles. The number of aromatic nitrogens is 4. The summed E-state index contributed by atoms with van der Waals surface area (Å²) in [6, 6.07) is 5.96. The molecule has 0 N–H and O–H groups in total. The minimum atomic E-state index is 0.223. The first kappa shape index (κ1) is 21.2. The molecule has 3 aromatic rings. The van der Waals surface area contributed by atoms with E-state index >= 15 is 0 Å². The van der Waals surface area contributed by atoms with Gasteiger partial charge in [0.2, 0.25) is 11.8 Å². The van der Waals surface area contributed by atoms with Crippen LogP contribution in [0.2, 0.25) is 0 Å². The van der Waals surface area contributed by atoms with Crippen LogP contribution in [0, 0.1) is 13.8 Å². The molecule has 0 bridgehead atoms. The van der Waals surface area contributed by atoms with Crippen LogP contribution in [0.1, 0.15) is 37.6 Å². The molecule has 0 radical (unpaired) electrons. The smallest absolute Gasteiger partial charge is 0.277 e. The van der Waals surface area contributed by atoms with Crippen molar-refractivity contribution in [3.63, 3.8) is 0 Å². The zero-order valence-electron chi connectivity index (χ0n) is 18.8. The SMILES string of the molecule is CCc1cc(-c2noc(-c3cc(C)nc(N(CC)CC)n3)n2)cc(C)c1OC[C@@H]1CO1. The predicted octanol–water partition coefficient (Wildman–Crippen LogP) is 4.00. The number of benzene rings is 1. The molecule has 0 spiro atoms. The van der Waals surface area contributed by atoms with Gasteiger partial charge in [0.05, 0.1) is 6.61 Å². The lowest BCUT2D eigenvalue weighted by Gasteiger charge is -2.18. The summed E-state index contributed by atoms with van der Waals surface area (Å²) in [5.74, 6) is 2.51. The second kappa shape index (κ2) is 9.01. The first-order valence-corrected chi connectivity index (χ1v) is 10.8. The third kappa shape index (κ3) is 4.69. The molecule has 1 aromatic carbocycles. The number of aryl methyl sites for hydroxylation is 3. The number of epoxide rings is 1. The minimum Gasteiger partial charge on any atom is -0.490 e. The Hall–Kier alpha value is -3.00. The summed E-state index contributed by atoms with van der Waals surface area (Å²) in [7, 11) is 0. The second-order valence-corrected chi connectivity index (χ2v) is 7.69. The lowest BCUT2D eigenvalue weighted by atomic mass is 10.0. The molecule has 1 saturated heterocycles. The quantitative estimate of drug-likeness (QED) is 0.477. The van der Waals surface area contributed by atoms with Gasteiger partial charge in [-0.1, -0.05) is 12.1 Å². The van der Waals surface area contributed by atoms with Crippen LogP contribution in [0.3, 0.4) is 0 Å². The molecule has 4 rings (SSSR count). The van der Waals surface area contributed by atoms with Gasteiger partial charge in [-0.05, 0) is 63.4 Å². The number of nitrogens with zero attached hydrogens (tertiary/aromatic N) is 5. The molecule has 31 heavy (non-hydrogen) atoms. The topological polar surface area (TPSA) is 89.7 Å². The zero-order valence-corrected chi connectivity index (χ0v) is 18.8. The van der Waals surface area contributed by atoms with E-state index in [1.807, 2.05) is 26.0 Å². The van der Waals surface area contributed by atoms with E-state index in [0.717, 1.165) is 54.3 Å². The van der Waals surface area contributed by atoms with E-state index in [9.17, 15) is 0 Å². The summed E-state index contributed by atoms with van der Waals surface area (Å²) in [6.45, 7) is 13.3. The predicted molar refractivity (Wildman–Crippen MR) is 118 cm³/mol. The van der Waals surface area contributed by atoms with Gasteiger partial charge in [-0.25, -0.2) is 9.97 Å². The molecule has 2 aromatic heterocycles. The van der Waals surface area contributed by atoms with Gasteiger partial charge in [-0.2, -0.15) is 4.98 Å². The van der Waals surface area contributed by atoms with Gasteiger partial charge in [0, 0.05) is 24.3 Å². The molecule has 3 heterocycles. The monoisotopic (exact) mass is 423 g/mol. The average molecular weight is 424 g/mol. The highest BCUT2D eigenvalue weighted by molar-refractivity contribution is 5.63. The van der Waals surface area contributed by atoms with Gasteiger partial charge < -0.3 is 18.9 Å². The Labute approximate surface area is 182 Å². The molecular weight excluding hydrogens is 394 g/mol. The highest BCUT2D eigenvalue weighted by atomic mass is 16.6. The number of hydrogen-bond donors (Lipinski definition) is 0. The fourth-order valence-electron chi connectivity index (χ4n) is 3.54. The van der Waals surface area contributed by atoms with Crippen LogP contribution < -0.4 is 9.64 Å². The van der Waals surface area contributed by atoms with Gasteiger partial charge in [0.25, 0.3) is 5.89 Å². The lowest BCUT2D eigenvalue weighted by Crippen LogP contribution is -2.24. The highest BCUT2D eigenvalue weighted by Crippen LogP contribution is 2.31. The van der Waals surface area contributed by atoms with Gasteiger partial charge in [-0.15, -0.1) is 0 Å². The fourth-order valence-corrected chi connectivity index (χ4v) is 3.54. The molecule has 0 aliphatic carbocycles. The van der Waals surface area contributed by atoms with Crippen LogP contribution in [-0.4, -0.2) is 52.5 Å². The molecule has 8 nitrogen and oxygen atoms in total. The first-order chi connectivity index (χ1) is 15.0. The van der Waals surface area contributed by atoms with Crippen LogP contribution in [0.5, 0.6) is 5.75 Å². The number of anilines is 1. The van der Waals surface area contributed by atoms with E-state index in [-0.39, 0.29) is 6.10 Å². The van der Waals surface area contributed by atoms with Crippen molar-refractivity contribution in [3.05, 3.63) is 35.0 Å². The molecule has 0 unspecified atom stereocenters. The normalized spacial score (nSPS) is 15.2. The van der Waals surface area contributed by atoms with Crippen molar-refractivity contribution >= 4 is 5.95 Å². The van der Waals surface area contributed by atoms with E-state index in [0.29, 0.717) is 30.0 Å². The van der Waals surface area contributed by atoms with E-state index in [2.05, 4.69) is 51.8 Å². The molecule has 8 heteroatoms. The maximum absolute atomic E-state index is 6.01. The van der Waals surface area contributed by atoms with Gasteiger partial charge in [0.15, 0.2) is 0 Å². The number of hydrogen-bond acceptors (Lipinski definition) is 8. The van der Waals surface area contributed by atoms with Crippen molar-refractivity contribution in [1.29, 1.82) is 0 Å². The Bertz CT molecular complexity index is 1060. The number of rotatable bonds is 9. The van der Waals surface area contributed by atoms with Crippen molar-refractivity contribution < 1.29 is 14.0 Å². The summed E-state index contributed by atoms with van der Waals surface area (Å²) in [5, 5.41) is 4.22. The van der Waals surface area contributed by atoms with Crippen molar-refractivity contribution in [2.45, 2.75) is 47.1 Å². The maximum Gasteiger partial charge on any atom is 0.277 e. The summed E-state index contributed by atoms with van der Waals surface area (Å²) in [4.78, 5) is 15.9. The van der Waals surface area contributed by atoms with Crippen LogP contribution in [0.15, 0.2) is 22.7 Å². The van der Waals surface area contributed by atoms with E-state index < -0.39 is 0 Å². The molecule has 164 valence electrons. The standard InChI is InChI=1S/C23H29N5O3/c1-6-16-11-17(9-14(4)20(16)30-13-18-12-29-18)21-26-22(31-27-21)19-10-15(5)24-23(25-19)28(7-2)8-3/h9-11,18H,6-8,12-13H2,1-5H3/t18-/m0/s1. The van der Waals surface area contributed by atoms with E-state index in [1.54, 1.807) is 0 Å². The molecule has 0 saturated carbocycles. The van der Waals surface area contributed by atoms with Crippen molar-refractivity contribution in [2.24, 2.45) is 0 Å². The molecule has 1 aliphatic rings. The molecular formula is C23H29N5O3. The van der Waals surface area contributed by atoms with Crippen LogP contribution in [-0.2, 0) is 11.2 Å². The van der Waals surface area contributed by atoms with E-state index in [1.165, 1.54) is 0 Å². The summed E-state index contributed by atoms with van der Waals surface area (Å²) in [6.07, 6.45) is 1.07. The van der Waals surface area contributed by atoms with Crippen LogP contribution in [0.4, 0.5) is 5.95 Å². The lowest BCUT2D eigenvalue weighted by molar-refractivity contribution is 0.260. The third-order valence-corrected chi connectivity index (χ3v) is 5.34. The zero-order chi connectivity index (χ0) is 22.0. The minimum absolute atomic E-state index is 0.223. The third-order valence-electron chi connectivity index (χ3n) is 5.34. The summed E-state index contributed by atoms with van der Waals surface area (Å²) < 4.78 is 16.8. The van der Waals surface area contributed by atoms with Crippen molar-refractivity contribution in [1.82, 2.24) is 20.1 Å². The van der Waals surface area contributed by atoms with Gasteiger partial charge >= 0.3 is 0 Å².